The van der Waals surface area contributed by atoms with Crippen molar-refractivity contribution in [2.24, 2.45) is 10.7 Å². The second-order valence-corrected chi connectivity index (χ2v) is 10.00. The van der Waals surface area contributed by atoms with E-state index in [-0.39, 0.29) is 29.1 Å². The van der Waals surface area contributed by atoms with Crippen LogP contribution in [0.25, 0.3) is 17.0 Å². The van der Waals surface area contributed by atoms with Gasteiger partial charge in [-0.2, -0.15) is 23.3 Å². The molecule has 6 nitrogen and oxygen atoms in total. The van der Waals surface area contributed by atoms with Gasteiger partial charge in [0.1, 0.15) is 0 Å². The van der Waals surface area contributed by atoms with E-state index >= 15 is 0 Å². The number of nitrogens with two attached hydrogens (primary N) is 1. The molecule has 2 aromatic carbocycles. The number of hydrogen-bond donors (Lipinski definition) is 1. The Balaban J connectivity index is 1.36. The van der Waals surface area contributed by atoms with Crippen LogP contribution in [0, 0.1) is 0 Å². The van der Waals surface area contributed by atoms with E-state index in [0.717, 1.165) is 42.9 Å². The molecule has 1 saturated heterocycles. The number of fused-ring (bicyclic) bond motifs is 1. The molecule has 1 amide bonds. The van der Waals surface area contributed by atoms with Gasteiger partial charge in [-0.05, 0) is 66.1 Å². The molecule has 0 radical (unpaired) electrons. The predicted octanol–water partition coefficient (Wildman–Crippen LogP) is 5.15. The fraction of sp³-hybridized carbons (Fsp3) is 0.292. The molecule has 0 spiro atoms. The Morgan fingerprint density at radius 3 is 2.69 bits per heavy atom. The van der Waals surface area contributed by atoms with Gasteiger partial charge in [0.15, 0.2) is 5.17 Å². The lowest BCUT2D eigenvalue weighted by molar-refractivity contribution is -0.138. The SMILES string of the molecule is NC1CCN(C2=NC(=O)/C(=C/c3ccc4c(cnn4Cc4ccc(Cl)cc4C(F)(F)F)c3)S2)CC1. The summed E-state index contributed by atoms with van der Waals surface area (Å²) in [4.78, 5) is 19.3. The first-order chi connectivity index (χ1) is 16.7. The molecular weight excluding hydrogens is 499 g/mol. The first kappa shape index (κ1) is 23.9. The first-order valence-corrected chi connectivity index (χ1v) is 12.2. The highest BCUT2D eigenvalue weighted by molar-refractivity contribution is 8.18. The van der Waals surface area contributed by atoms with Crippen molar-refractivity contribution in [3.8, 4) is 0 Å². The molecule has 1 aromatic heterocycles. The standard InChI is InChI=1S/C24H21ClF3N5OS/c25-17-3-2-15(19(11-17)24(26,27)28)13-33-20-4-1-14(9-16(20)12-30-33)10-21-22(34)31-23(35-21)32-7-5-18(29)6-8-32/h1-4,9-12,18H,5-8,13,29H2/b21-10-. The monoisotopic (exact) mass is 519 g/mol. The summed E-state index contributed by atoms with van der Waals surface area (Å²) in [5.74, 6) is -0.280. The van der Waals surface area contributed by atoms with Crippen molar-refractivity contribution in [3.63, 3.8) is 0 Å². The van der Waals surface area contributed by atoms with Crippen LogP contribution in [0.2, 0.25) is 5.02 Å². The lowest BCUT2D eigenvalue weighted by Gasteiger charge is -2.30. The molecule has 0 bridgehead atoms. The summed E-state index contributed by atoms with van der Waals surface area (Å²) in [6.07, 6.45) is 0.594. The number of rotatable bonds is 3. The number of carbonyl (C=O) groups is 1. The summed E-state index contributed by atoms with van der Waals surface area (Å²) in [6.45, 7) is 1.51. The van der Waals surface area contributed by atoms with E-state index < -0.39 is 11.7 Å². The van der Waals surface area contributed by atoms with Gasteiger partial charge in [-0.25, -0.2) is 0 Å². The van der Waals surface area contributed by atoms with Crippen molar-refractivity contribution in [2.45, 2.75) is 31.6 Å². The number of aliphatic imine (C=N–C) groups is 1. The number of aromatic nitrogens is 2. The molecular formula is C24H21ClF3N5OS. The second-order valence-electron chi connectivity index (χ2n) is 8.55. The third-order valence-corrected chi connectivity index (χ3v) is 7.36. The van der Waals surface area contributed by atoms with Gasteiger partial charge in [-0.15, -0.1) is 0 Å². The van der Waals surface area contributed by atoms with Gasteiger partial charge in [0, 0.05) is 29.5 Å². The van der Waals surface area contributed by atoms with E-state index in [1.54, 1.807) is 18.3 Å². The van der Waals surface area contributed by atoms with E-state index in [0.29, 0.717) is 15.6 Å². The second kappa shape index (κ2) is 9.33. The molecule has 2 aliphatic heterocycles. The number of nitrogens with zero attached hydrogens (tertiary/aromatic N) is 4. The number of alkyl halides is 3. The summed E-state index contributed by atoms with van der Waals surface area (Å²) in [7, 11) is 0. The molecule has 3 heterocycles. The molecule has 0 unspecified atom stereocenters. The van der Waals surface area contributed by atoms with Crippen LogP contribution in [0.4, 0.5) is 13.2 Å². The molecule has 5 rings (SSSR count). The molecule has 3 aromatic rings. The first-order valence-electron chi connectivity index (χ1n) is 11.0. The highest BCUT2D eigenvalue weighted by atomic mass is 35.5. The Hall–Kier alpha value is -2.82. The Morgan fingerprint density at radius 1 is 1.17 bits per heavy atom. The van der Waals surface area contributed by atoms with E-state index in [1.165, 1.54) is 28.6 Å². The normalized spacial score (nSPS) is 18.7. The van der Waals surface area contributed by atoms with Crippen LogP contribution < -0.4 is 5.73 Å². The maximum Gasteiger partial charge on any atom is 0.416 e. The number of halogens is 4. The maximum absolute atomic E-state index is 13.5. The minimum absolute atomic E-state index is 0.0272. The Bertz CT molecular complexity index is 1360. The minimum Gasteiger partial charge on any atom is -0.351 e. The van der Waals surface area contributed by atoms with Crippen LogP contribution in [0.15, 0.2) is 52.5 Å². The molecule has 0 aliphatic carbocycles. The van der Waals surface area contributed by atoms with Crippen LogP contribution >= 0.6 is 23.4 Å². The zero-order chi connectivity index (χ0) is 24.7. The Morgan fingerprint density at radius 2 is 1.94 bits per heavy atom. The summed E-state index contributed by atoms with van der Waals surface area (Å²) in [6, 6.07) is 9.38. The van der Waals surface area contributed by atoms with Crippen LogP contribution in [0.3, 0.4) is 0 Å². The quantitative estimate of drug-likeness (QED) is 0.484. The summed E-state index contributed by atoms with van der Waals surface area (Å²) in [5.41, 5.74) is 6.73. The van der Waals surface area contributed by atoms with E-state index in [2.05, 4.69) is 15.0 Å². The van der Waals surface area contributed by atoms with Crippen LogP contribution in [-0.2, 0) is 17.5 Å². The number of carbonyl (C=O) groups excluding carboxylic acids is 1. The van der Waals surface area contributed by atoms with Crippen molar-refractivity contribution in [1.29, 1.82) is 0 Å². The molecule has 2 N–H and O–H groups in total. The van der Waals surface area contributed by atoms with Gasteiger partial charge in [-0.1, -0.05) is 23.7 Å². The molecule has 35 heavy (non-hydrogen) atoms. The van der Waals surface area contributed by atoms with Gasteiger partial charge in [0.25, 0.3) is 5.91 Å². The van der Waals surface area contributed by atoms with Crippen molar-refractivity contribution in [3.05, 3.63) is 69.2 Å². The summed E-state index contributed by atoms with van der Waals surface area (Å²) in [5, 5.41) is 5.77. The van der Waals surface area contributed by atoms with E-state index in [9.17, 15) is 18.0 Å². The third kappa shape index (κ3) is 5.10. The van der Waals surface area contributed by atoms with Crippen molar-refractivity contribution in [1.82, 2.24) is 14.7 Å². The number of likely N-dealkylation sites (tertiary alicyclic amines) is 1. The molecule has 11 heteroatoms. The minimum atomic E-state index is -4.52. The summed E-state index contributed by atoms with van der Waals surface area (Å²) >= 11 is 7.13. The topological polar surface area (TPSA) is 76.5 Å². The third-order valence-electron chi connectivity index (χ3n) is 6.08. The lowest BCUT2D eigenvalue weighted by atomic mass is 10.1. The average molecular weight is 520 g/mol. The summed E-state index contributed by atoms with van der Waals surface area (Å²) < 4.78 is 41.9. The maximum atomic E-state index is 13.5. The van der Waals surface area contributed by atoms with Crippen LogP contribution in [-0.4, -0.2) is 44.9 Å². The van der Waals surface area contributed by atoms with Gasteiger partial charge in [-0.3, -0.25) is 9.48 Å². The van der Waals surface area contributed by atoms with E-state index in [1.807, 2.05) is 12.1 Å². The van der Waals surface area contributed by atoms with Gasteiger partial charge < -0.3 is 10.6 Å². The van der Waals surface area contributed by atoms with Crippen molar-refractivity contribution in [2.75, 3.05) is 13.1 Å². The molecule has 0 atom stereocenters. The number of amides is 1. The number of benzene rings is 2. The predicted molar refractivity (Wildman–Crippen MR) is 132 cm³/mol. The average Bonchev–Trinajstić information content (AvgIpc) is 3.38. The Labute approximate surface area is 208 Å². The lowest BCUT2D eigenvalue weighted by Crippen LogP contribution is -2.41. The molecule has 2 aliphatic rings. The highest BCUT2D eigenvalue weighted by Gasteiger charge is 2.34. The zero-order valence-corrected chi connectivity index (χ0v) is 20.0. The highest BCUT2D eigenvalue weighted by Crippen LogP contribution is 2.35. The smallest absolute Gasteiger partial charge is 0.351 e. The molecule has 182 valence electrons. The molecule has 0 saturated carbocycles. The molecule has 1 fully saturated rings. The van der Waals surface area contributed by atoms with Gasteiger partial charge in [0.2, 0.25) is 0 Å². The van der Waals surface area contributed by atoms with E-state index in [4.69, 9.17) is 17.3 Å². The fourth-order valence-electron chi connectivity index (χ4n) is 4.21. The van der Waals surface area contributed by atoms with Gasteiger partial charge in [0.05, 0.1) is 28.7 Å². The number of piperidine rings is 1. The van der Waals surface area contributed by atoms with Gasteiger partial charge >= 0.3 is 6.18 Å². The number of thioether (sulfide) groups is 1. The van der Waals surface area contributed by atoms with Crippen molar-refractivity contribution >= 4 is 51.4 Å². The fourth-order valence-corrected chi connectivity index (χ4v) is 5.35. The number of amidine groups is 1. The van der Waals surface area contributed by atoms with Crippen molar-refractivity contribution < 1.29 is 18.0 Å². The zero-order valence-electron chi connectivity index (χ0n) is 18.4. The largest absolute Gasteiger partial charge is 0.416 e. The number of hydrogen-bond acceptors (Lipinski definition) is 5. The van der Waals surface area contributed by atoms with Crippen LogP contribution in [0.5, 0.6) is 0 Å². The van der Waals surface area contributed by atoms with Crippen LogP contribution in [0.1, 0.15) is 29.5 Å². The Kier molecular flexibility index (Phi) is 6.37.